The Bertz CT molecular complexity index is 291. The Morgan fingerprint density at radius 3 is 2.47 bits per heavy atom. The maximum atomic E-state index is 5.43. The number of hydrogen-bond donors (Lipinski definition) is 0. The fourth-order valence-corrected chi connectivity index (χ4v) is 3.49. The zero-order chi connectivity index (χ0) is 10.5. The van der Waals surface area contributed by atoms with Gasteiger partial charge in [0.1, 0.15) is 17.3 Å². The predicted octanol–water partition coefficient (Wildman–Crippen LogP) is 2.09. The van der Waals surface area contributed by atoms with Crippen molar-refractivity contribution < 1.29 is 9.47 Å². The van der Waals surface area contributed by atoms with E-state index < -0.39 is 0 Å². The average molecular weight is 225 g/mol. The van der Waals surface area contributed by atoms with E-state index in [9.17, 15) is 0 Å². The average Bonchev–Trinajstić information content (AvgIpc) is 2.32. The molecule has 0 radical (unpaired) electrons. The number of rotatable bonds is 3. The highest BCUT2D eigenvalue weighted by atomic mass is 32.2. The van der Waals surface area contributed by atoms with Gasteiger partial charge in [0.05, 0.1) is 19.8 Å². The highest BCUT2D eigenvalue weighted by Crippen LogP contribution is 2.20. The largest absolute Gasteiger partial charge is 0.494 e. The quantitative estimate of drug-likeness (QED) is 0.733. The molecule has 1 heterocycles. The number of ether oxygens (including phenoxy) is 2. The van der Waals surface area contributed by atoms with Crippen molar-refractivity contribution in [2.45, 2.75) is 11.8 Å². The molecule has 3 heteroatoms. The van der Waals surface area contributed by atoms with Crippen LogP contribution in [0, 0.1) is 0 Å². The lowest BCUT2D eigenvalue weighted by Gasteiger charge is -2.14. The van der Waals surface area contributed by atoms with E-state index in [4.69, 9.17) is 9.47 Å². The molecule has 0 bridgehead atoms. The minimum atomic E-state index is 0.399. The zero-order valence-corrected chi connectivity index (χ0v) is 9.89. The van der Waals surface area contributed by atoms with Crippen LogP contribution in [0.2, 0.25) is 0 Å². The molecule has 2 rings (SSSR count). The fourth-order valence-electron chi connectivity index (χ4n) is 1.65. The monoisotopic (exact) mass is 225 g/mol. The van der Waals surface area contributed by atoms with Crippen molar-refractivity contribution in [3.05, 3.63) is 24.3 Å². The summed E-state index contributed by atoms with van der Waals surface area (Å²) in [7, 11) is 0.399. The smallest absolute Gasteiger partial charge is 0.155 e. The van der Waals surface area contributed by atoms with Crippen LogP contribution < -0.4 is 4.74 Å². The third kappa shape index (κ3) is 2.89. The maximum absolute atomic E-state index is 5.43. The van der Waals surface area contributed by atoms with E-state index in [0.717, 1.165) is 25.6 Å². The van der Waals surface area contributed by atoms with Crippen LogP contribution in [0.5, 0.6) is 5.75 Å². The standard InChI is InChI=1S/C12H17O2S/c1-2-14-11-3-5-12(6-4-11)15-9-7-13-8-10-15/h3-6H,2,7-10H2,1H3/q+1. The van der Waals surface area contributed by atoms with Crippen LogP contribution in [-0.4, -0.2) is 31.3 Å². The van der Waals surface area contributed by atoms with Crippen LogP contribution in [0.15, 0.2) is 29.2 Å². The van der Waals surface area contributed by atoms with Crippen LogP contribution in [0.1, 0.15) is 6.92 Å². The molecule has 1 saturated heterocycles. The normalized spacial score (nSPS) is 17.7. The van der Waals surface area contributed by atoms with E-state index in [-0.39, 0.29) is 0 Å². The van der Waals surface area contributed by atoms with Gasteiger partial charge in [-0.05, 0) is 31.2 Å². The summed E-state index contributed by atoms with van der Waals surface area (Å²) in [6.45, 7) is 4.57. The highest BCUT2D eigenvalue weighted by Gasteiger charge is 2.24. The van der Waals surface area contributed by atoms with Gasteiger partial charge in [0.25, 0.3) is 0 Å². The van der Waals surface area contributed by atoms with E-state index in [0.29, 0.717) is 10.9 Å². The molecular weight excluding hydrogens is 208 g/mol. The molecule has 1 aliphatic rings. The van der Waals surface area contributed by atoms with Gasteiger partial charge < -0.3 is 9.47 Å². The van der Waals surface area contributed by atoms with Crippen molar-refractivity contribution in [3.8, 4) is 5.75 Å². The summed E-state index contributed by atoms with van der Waals surface area (Å²) in [5.74, 6) is 3.32. The van der Waals surface area contributed by atoms with Crippen LogP contribution in [0.3, 0.4) is 0 Å². The van der Waals surface area contributed by atoms with Crippen molar-refractivity contribution >= 4 is 10.9 Å². The highest BCUT2D eigenvalue weighted by molar-refractivity contribution is 7.97. The zero-order valence-electron chi connectivity index (χ0n) is 9.07. The predicted molar refractivity (Wildman–Crippen MR) is 63.8 cm³/mol. The van der Waals surface area contributed by atoms with Crippen molar-refractivity contribution in [1.82, 2.24) is 0 Å². The molecule has 1 aromatic carbocycles. The van der Waals surface area contributed by atoms with Gasteiger partial charge in [-0.3, -0.25) is 0 Å². The second kappa shape index (κ2) is 5.42. The molecule has 82 valence electrons. The van der Waals surface area contributed by atoms with Crippen LogP contribution >= 0.6 is 0 Å². The lowest BCUT2D eigenvalue weighted by molar-refractivity contribution is 0.159. The van der Waals surface area contributed by atoms with Gasteiger partial charge in [0.2, 0.25) is 0 Å². The Kier molecular flexibility index (Phi) is 3.92. The first kappa shape index (κ1) is 10.8. The summed E-state index contributed by atoms with van der Waals surface area (Å²) in [6, 6.07) is 8.53. The van der Waals surface area contributed by atoms with Gasteiger partial charge in [-0.15, -0.1) is 0 Å². The Morgan fingerprint density at radius 2 is 1.87 bits per heavy atom. The van der Waals surface area contributed by atoms with Crippen molar-refractivity contribution in [1.29, 1.82) is 0 Å². The third-order valence-electron chi connectivity index (χ3n) is 2.42. The lowest BCUT2D eigenvalue weighted by atomic mass is 10.3. The Morgan fingerprint density at radius 1 is 1.20 bits per heavy atom. The Labute approximate surface area is 93.9 Å². The molecular formula is C12H17O2S+. The summed E-state index contributed by atoms with van der Waals surface area (Å²) in [6.07, 6.45) is 0. The Balaban J connectivity index is 2.02. The second-order valence-corrected chi connectivity index (χ2v) is 5.69. The van der Waals surface area contributed by atoms with Gasteiger partial charge in [0.15, 0.2) is 4.90 Å². The van der Waals surface area contributed by atoms with Gasteiger partial charge in [-0.25, -0.2) is 0 Å². The second-order valence-electron chi connectivity index (χ2n) is 3.42. The van der Waals surface area contributed by atoms with E-state index >= 15 is 0 Å². The maximum Gasteiger partial charge on any atom is 0.155 e. The first-order valence-electron chi connectivity index (χ1n) is 5.38. The van der Waals surface area contributed by atoms with Gasteiger partial charge in [-0.2, -0.15) is 0 Å². The first-order chi connectivity index (χ1) is 7.40. The number of benzene rings is 1. The molecule has 15 heavy (non-hydrogen) atoms. The van der Waals surface area contributed by atoms with E-state index in [2.05, 4.69) is 24.3 Å². The molecule has 1 aromatic rings. The Hall–Kier alpha value is -0.670. The summed E-state index contributed by atoms with van der Waals surface area (Å²) in [4.78, 5) is 1.45. The molecule has 0 aromatic heterocycles. The van der Waals surface area contributed by atoms with Crippen molar-refractivity contribution in [2.75, 3.05) is 31.3 Å². The molecule has 2 nitrogen and oxygen atoms in total. The van der Waals surface area contributed by atoms with Gasteiger partial charge in [-0.1, -0.05) is 0 Å². The fraction of sp³-hybridized carbons (Fsp3) is 0.500. The molecule has 0 unspecified atom stereocenters. The topological polar surface area (TPSA) is 18.5 Å². The van der Waals surface area contributed by atoms with Gasteiger partial charge in [0, 0.05) is 10.9 Å². The third-order valence-corrected chi connectivity index (χ3v) is 4.67. The molecule has 0 aliphatic carbocycles. The van der Waals surface area contributed by atoms with E-state index in [1.807, 2.05) is 6.92 Å². The summed E-state index contributed by atoms with van der Waals surface area (Å²) >= 11 is 0. The number of hydrogen-bond acceptors (Lipinski definition) is 2. The molecule has 0 spiro atoms. The van der Waals surface area contributed by atoms with Crippen molar-refractivity contribution in [2.24, 2.45) is 0 Å². The van der Waals surface area contributed by atoms with Gasteiger partial charge >= 0.3 is 0 Å². The minimum Gasteiger partial charge on any atom is -0.494 e. The molecule has 0 amide bonds. The minimum absolute atomic E-state index is 0.399. The molecule has 0 N–H and O–H groups in total. The first-order valence-corrected chi connectivity index (χ1v) is 6.94. The van der Waals surface area contributed by atoms with Crippen LogP contribution in [0.25, 0.3) is 0 Å². The summed E-state index contributed by atoms with van der Waals surface area (Å²) in [5.41, 5.74) is 0. The van der Waals surface area contributed by atoms with Crippen LogP contribution in [-0.2, 0) is 15.6 Å². The molecule has 1 aliphatic heterocycles. The molecule has 0 atom stereocenters. The lowest BCUT2D eigenvalue weighted by Crippen LogP contribution is -2.26. The van der Waals surface area contributed by atoms with E-state index in [1.165, 1.54) is 16.4 Å². The van der Waals surface area contributed by atoms with E-state index in [1.54, 1.807) is 0 Å². The molecule has 1 fully saturated rings. The van der Waals surface area contributed by atoms with Crippen LogP contribution in [0.4, 0.5) is 0 Å². The summed E-state index contributed by atoms with van der Waals surface area (Å²) < 4.78 is 10.8. The molecule has 0 saturated carbocycles. The SMILES string of the molecule is CCOc1ccc([S+]2CCOCC2)cc1. The summed E-state index contributed by atoms with van der Waals surface area (Å²) in [5, 5.41) is 0. The van der Waals surface area contributed by atoms with Crippen molar-refractivity contribution in [3.63, 3.8) is 0 Å².